The Balaban J connectivity index is 0.000000552. The van der Waals surface area contributed by atoms with Gasteiger partial charge in [0.15, 0.2) is 0 Å². The van der Waals surface area contributed by atoms with E-state index in [0.717, 1.165) is 18.5 Å². The second-order valence-electron chi connectivity index (χ2n) is 8.30. The highest BCUT2D eigenvalue weighted by molar-refractivity contribution is 6.33. The summed E-state index contributed by atoms with van der Waals surface area (Å²) in [7, 11) is 1.46. The summed E-state index contributed by atoms with van der Waals surface area (Å²) in [4.78, 5) is 0. The van der Waals surface area contributed by atoms with Crippen molar-refractivity contribution in [2.45, 2.75) is 51.9 Å². The number of hydrogen-bond acceptors (Lipinski definition) is 1. The molecule has 2 aromatic rings. The molecule has 1 N–H and O–H groups in total. The molecule has 2 fully saturated rings. The van der Waals surface area contributed by atoms with Crippen LogP contribution < -0.4 is 5.32 Å². The Morgan fingerprint density at radius 1 is 1.14 bits per heavy atom. The Hall–Kier alpha value is -1.75. The maximum absolute atomic E-state index is 15.1. The maximum atomic E-state index is 15.1. The van der Waals surface area contributed by atoms with Gasteiger partial charge in [-0.05, 0) is 60.3 Å². The molecule has 0 bridgehead atoms. The van der Waals surface area contributed by atoms with Crippen molar-refractivity contribution in [1.29, 1.82) is 0 Å². The first kappa shape index (κ1) is 22.0. The third kappa shape index (κ3) is 5.06. The van der Waals surface area contributed by atoms with Gasteiger partial charge in [-0.25, -0.2) is 8.78 Å². The predicted octanol–water partition coefficient (Wildman–Crippen LogP) is 6.01. The minimum Gasteiger partial charge on any atom is -0.313 e. The Morgan fingerprint density at radius 2 is 1.83 bits per heavy atom. The molecule has 2 aliphatic rings. The molecule has 1 spiro atoms. The summed E-state index contributed by atoms with van der Waals surface area (Å²) >= 11 is 0. The molecule has 4 rings (SSSR count). The van der Waals surface area contributed by atoms with E-state index in [1.165, 1.54) is 38.7 Å². The van der Waals surface area contributed by atoms with Crippen LogP contribution in [-0.4, -0.2) is 26.4 Å². The van der Waals surface area contributed by atoms with E-state index >= 15 is 4.39 Å². The van der Waals surface area contributed by atoms with Crippen molar-refractivity contribution in [3.05, 3.63) is 59.7 Å². The van der Waals surface area contributed by atoms with Gasteiger partial charge in [0.05, 0.1) is 6.57 Å². The topological polar surface area (TPSA) is 12.0 Å². The SMILES string of the molecule is CCC[C@@H]1C(Cc2cc(F)cc(-c3ccccc3)c2F)NCC12CC2.C[B]CF. The number of benzene rings is 2. The zero-order valence-corrected chi connectivity index (χ0v) is 17.4. The molecule has 0 amide bonds. The summed E-state index contributed by atoms with van der Waals surface area (Å²) in [5, 5.41) is 3.61. The molecule has 1 aliphatic carbocycles. The standard InChI is InChI=1S/C22H25F2N.C2H5BF/c1-2-6-19-20(25-14-22(19)9-10-22)12-16-11-17(23)13-18(21(16)24)15-7-4-3-5-8-15;1-3-2-4/h3-5,7-8,11,13,19-20,25H,2,6,9-10,12,14H2,1H3;2H2,1H3/t19-,20?;/m1./s1. The smallest absolute Gasteiger partial charge is 0.148 e. The molecule has 1 nitrogen and oxygen atoms in total. The largest absolute Gasteiger partial charge is 0.313 e. The first-order valence-corrected chi connectivity index (χ1v) is 10.6. The summed E-state index contributed by atoms with van der Waals surface area (Å²) in [6.45, 7) is 4.62. The number of alkyl halides is 1. The lowest BCUT2D eigenvalue weighted by Gasteiger charge is -2.24. The Kier molecular flexibility index (Phi) is 7.45. The molecular formula is C24H30BF3N. The number of rotatable bonds is 6. The molecular weight excluding hydrogens is 370 g/mol. The van der Waals surface area contributed by atoms with Gasteiger partial charge in [-0.2, -0.15) is 0 Å². The molecule has 1 aliphatic heterocycles. The van der Waals surface area contributed by atoms with E-state index in [1.807, 2.05) is 30.3 Å². The minimum atomic E-state index is -0.360. The highest BCUT2D eigenvalue weighted by Gasteiger charge is 2.55. The summed E-state index contributed by atoms with van der Waals surface area (Å²) in [6, 6.07) is 12.2. The van der Waals surface area contributed by atoms with Crippen molar-refractivity contribution in [3.63, 3.8) is 0 Å². The van der Waals surface area contributed by atoms with E-state index in [1.54, 1.807) is 6.82 Å². The second-order valence-corrected chi connectivity index (χ2v) is 8.30. The monoisotopic (exact) mass is 400 g/mol. The zero-order chi connectivity index (χ0) is 20.9. The molecule has 1 radical (unpaired) electrons. The lowest BCUT2D eigenvalue weighted by Crippen LogP contribution is -2.30. The molecule has 1 saturated carbocycles. The summed E-state index contributed by atoms with van der Waals surface area (Å²) in [6.07, 6.45) is 5.44. The van der Waals surface area contributed by atoms with Gasteiger partial charge in [0.2, 0.25) is 0 Å². The van der Waals surface area contributed by atoms with Crippen molar-refractivity contribution < 1.29 is 13.2 Å². The molecule has 1 heterocycles. The molecule has 2 atom stereocenters. The molecule has 0 aromatic heterocycles. The van der Waals surface area contributed by atoms with Crippen LogP contribution in [0.2, 0.25) is 6.82 Å². The summed E-state index contributed by atoms with van der Waals surface area (Å²) in [5.74, 6) is -0.0526. The van der Waals surface area contributed by atoms with Gasteiger partial charge < -0.3 is 5.32 Å². The Morgan fingerprint density at radius 3 is 2.41 bits per heavy atom. The van der Waals surface area contributed by atoms with Crippen LogP contribution in [0.25, 0.3) is 11.1 Å². The molecule has 155 valence electrons. The van der Waals surface area contributed by atoms with Crippen LogP contribution in [0.5, 0.6) is 0 Å². The fourth-order valence-corrected chi connectivity index (χ4v) is 4.63. The normalized spacial score (nSPS) is 21.6. The van der Waals surface area contributed by atoms with Crippen LogP contribution in [0.15, 0.2) is 42.5 Å². The van der Waals surface area contributed by atoms with Crippen molar-refractivity contribution in [3.8, 4) is 11.1 Å². The van der Waals surface area contributed by atoms with Crippen molar-refractivity contribution in [1.82, 2.24) is 5.32 Å². The van der Waals surface area contributed by atoms with Gasteiger partial charge in [-0.3, -0.25) is 4.39 Å². The Labute approximate surface area is 173 Å². The average molecular weight is 400 g/mol. The van der Waals surface area contributed by atoms with Crippen LogP contribution in [0.1, 0.15) is 38.2 Å². The van der Waals surface area contributed by atoms with E-state index in [4.69, 9.17) is 0 Å². The van der Waals surface area contributed by atoms with E-state index in [0.29, 0.717) is 28.9 Å². The van der Waals surface area contributed by atoms with Gasteiger partial charge >= 0.3 is 0 Å². The van der Waals surface area contributed by atoms with E-state index < -0.39 is 0 Å². The molecule has 1 unspecified atom stereocenters. The highest BCUT2D eigenvalue weighted by atomic mass is 19.1. The molecule has 2 aromatic carbocycles. The number of nitrogens with one attached hydrogen (secondary N) is 1. The summed E-state index contributed by atoms with van der Waals surface area (Å²) in [5.41, 5.74) is 2.02. The quantitative estimate of drug-likeness (QED) is 0.586. The first-order chi connectivity index (χ1) is 14.0. The number of halogens is 3. The van der Waals surface area contributed by atoms with Crippen molar-refractivity contribution in [2.75, 3.05) is 13.1 Å². The van der Waals surface area contributed by atoms with Gasteiger partial charge in [0.1, 0.15) is 18.9 Å². The fraction of sp³-hybridized carbons (Fsp3) is 0.500. The van der Waals surface area contributed by atoms with Crippen LogP contribution >= 0.6 is 0 Å². The zero-order valence-electron chi connectivity index (χ0n) is 17.4. The molecule has 29 heavy (non-hydrogen) atoms. The van der Waals surface area contributed by atoms with Crippen LogP contribution in [0.3, 0.4) is 0 Å². The van der Waals surface area contributed by atoms with Gasteiger partial charge in [-0.1, -0.05) is 50.5 Å². The van der Waals surface area contributed by atoms with Gasteiger partial charge in [0, 0.05) is 18.2 Å². The lowest BCUT2D eigenvalue weighted by atomic mass is 9.81. The molecule has 5 heteroatoms. The van der Waals surface area contributed by atoms with E-state index in [2.05, 4.69) is 12.2 Å². The van der Waals surface area contributed by atoms with Crippen LogP contribution in [0.4, 0.5) is 13.2 Å². The van der Waals surface area contributed by atoms with Gasteiger partial charge in [-0.15, -0.1) is 0 Å². The Bertz CT molecular complexity index is 790. The fourth-order valence-electron chi connectivity index (χ4n) is 4.63. The average Bonchev–Trinajstić information content (AvgIpc) is 3.45. The highest BCUT2D eigenvalue weighted by Crippen LogP contribution is 2.57. The van der Waals surface area contributed by atoms with Gasteiger partial charge in [0.25, 0.3) is 0 Å². The van der Waals surface area contributed by atoms with Crippen molar-refractivity contribution in [2.24, 2.45) is 11.3 Å². The lowest BCUT2D eigenvalue weighted by molar-refractivity contribution is 0.315. The minimum absolute atomic E-state index is 0.252. The molecule has 1 saturated heterocycles. The third-order valence-electron chi connectivity index (χ3n) is 6.27. The summed E-state index contributed by atoms with van der Waals surface area (Å²) < 4.78 is 40.0. The van der Waals surface area contributed by atoms with Crippen LogP contribution in [-0.2, 0) is 6.42 Å². The maximum Gasteiger partial charge on any atom is 0.148 e. The van der Waals surface area contributed by atoms with E-state index in [9.17, 15) is 8.78 Å². The number of hydrogen-bond donors (Lipinski definition) is 1. The van der Waals surface area contributed by atoms with Crippen molar-refractivity contribution >= 4 is 7.28 Å². The van der Waals surface area contributed by atoms with E-state index in [-0.39, 0.29) is 24.3 Å². The van der Waals surface area contributed by atoms with Crippen LogP contribution in [0, 0.1) is 23.0 Å². The first-order valence-electron chi connectivity index (χ1n) is 10.6. The third-order valence-corrected chi connectivity index (χ3v) is 6.27. The second kappa shape index (κ2) is 9.84. The predicted molar refractivity (Wildman–Crippen MR) is 115 cm³/mol.